The minimum atomic E-state index is 0.279. The molecule has 1 aromatic heterocycles. The maximum atomic E-state index is 8.82. The molecule has 0 aliphatic heterocycles. The van der Waals surface area contributed by atoms with Gasteiger partial charge >= 0.3 is 0 Å². The van der Waals surface area contributed by atoms with Gasteiger partial charge in [0.25, 0.3) is 0 Å². The maximum absolute atomic E-state index is 8.82. The molecule has 0 aliphatic rings. The third-order valence-corrected chi connectivity index (χ3v) is 2.95. The summed E-state index contributed by atoms with van der Waals surface area (Å²) in [5, 5.41) is 8.82. The number of hydrogen-bond donors (Lipinski definition) is 1. The number of benzene rings is 1. The predicted molar refractivity (Wildman–Crippen MR) is 68.4 cm³/mol. The van der Waals surface area contributed by atoms with Gasteiger partial charge in [-0.1, -0.05) is 12.1 Å². The summed E-state index contributed by atoms with van der Waals surface area (Å²) in [6, 6.07) is 11.2. The average Bonchev–Trinajstić information content (AvgIpc) is 2.38. The highest BCUT2D eigenvalue weighted by atomic mass is 32.2. The fourth-order valence-electron chi connectivity index (χ4n) is 1.39. The third kappa shape index (κ3) is 2.55. The van der Waals surface area contributed by atoms with E-state index in [1.165, 1.54) is 6.07 Å². The number of nitrogen functional groups attached to an aromatic ring is 1. The zero-order valence-corrected chi connectivity index (χ0v) is 10.0. The first-order chi connectivity index (χ1) is 8.22. The van der Waals surface area contributed by atoms with Crippen LogP contribution in [-0.2, 0) is 0 Å². The first-order valence-electron chi connectivity index (χ1n) is 4.92. The van der Waals surface area contributed by atoms with Gasteiger partial charge in [0.05, 0.1) is 0 Å². The van der Waals surface area contributed by atoms with Crippen LogP contribution < -0.4 is 5.73 Å². The van der Waals surface area contributed by atoms with E-state index in [1.54, 1.807) is 11.8 Å². The van der Waals surface area contributed by atoms with Gasteiger partial charge in [0, 0.05) is 16.5 Å². The zero-order chi connectivity index (χ0) is 12.3. The molecule has 2 N–H and O–H groups in total. The number of nitrogens with two attached hydrogens (primary N) is 1. The molecular weight excluding hydrogens is 232 g/mol. The monoisotopic (exact) mass is 242 g/mol. The smallest absolute Gasteiger partial charge is 0.162 e. The van der Waals surface area contributed by atoms with Crippen LogP contribution in [0.1, 0.15) is 5.69 Å². The number of aromatic nitrogens is 2. The van der Waals surface area contributed by atoms with Gasteiger partial charge in [-0.25, -0.2) is 9.97 Å². The Morgan fingerprint density at radius 1 is 1.24 bits per heavy atom. The molecule has 0 fully saturated rings. The summed E-state index contributed by atoms with van der Waals surface area (Å²) in [5.41, 5.74) is 6.75. The molecule has 5 heteroatoms. The van der Waals surface area contributed by atoms with Crippen LogP contribution in [0.15, 0.2) is 35.2 Å². The first-order valence-corrected chi connectivity index (χ1v) is 6.14. The average molecular weight is 242 g/mol. The topological polar surface area (TPSA) is 75.6 Å². The van der Waals surface area contributed by atoms with Crippen molar-refractivity contribution < 1.29 is 0 Å². The molecule has 0 spiro atoms. The largest absolute Gasteiger partial charge is 0.384 e. The van der Waals surface area contributed by atoms with Crippen LogP contribution in [0.3, 0.4) is 0 Å². The van der Waals surface area contributed by atoms with E-state index < -0.39 is 0 Å². The highest BCUT2D eigenvalue weighted by Crippen LogP contribution is 2.21. The van der Waals surface area contributed by atoms with E-state index in [0.29, 0.717) is 11.6 Å². The molecule has 0 atom stereocenters. The van der Waals surface area contributed by atoms with Crippen LogP contribution >= 0.6 is 11.8 Å². The summed E-state index contributed by atoms with van der Waals surface area (Å²) in [4.78, 5) is 9.40. The quantitative estimate of drug-likeness (QED) is 0.818. The number of nitrogens with zero attached hydrogens (tertiary/aromatic N) is 3. The number of rotatable bonds is 2. The molecule has 4 nitrogen and oxygen atoms in total. The highest BCUT2D eigenvalue weighted by molar-refractivity contribution is 7.98. The summed E-state index contributed by atoms with van der Waals surface area (Å²) < 4.78 is 0. The second-order valence-electron chi connectivity index (χ2n) is 3.34. The third-order valence-electron chi connectivity index (χ3n) is 2.21. The van der Waals surface area contributed by atoms with Gasteiger partial charge in [-0.05, 0) is 18.4 Å². The summed E-state index contributed by atoms with van der Waals surface area (Å²) in [7, 11) is 0. The molecule has 0 unspecified atom stereocenters. The van der Waals surface area contributed by atoms with Gasteiger partial charge in [0.2, 0.25) is 0 Å². The van der Waals surface area contributed by atoms with E-state index in [9.17, 15) is 0 Å². The van der Waals surface area contributed by atoms with Gasteiger partial charge < -0.3 is 5.73 Å². The minimum Gasteiger partial charge on any atom is -0.384 e. The molecule has 0 amide bonds. The van der Waals surface area contributed by atoms with Gasteiger partial charge in [0.1, 0.15) is 17.6 Å². The number of nitriles is 1. The summed E-state index contributed by atoms with van der Waals surface area (Å²) in [6.07, 6.45) is 2.01. The standard InChI is InChI=1S/C12H10N4S/c1-17-10-4-2-8(3-5-10)12-15-9(7-13)6-11(14)16-12/h2-6H,1H3,(H2,14,15,16). The Kier molecular flexibility index (Phi) is 3.26. The van der Waals surface area contributed by atoms with E-state index in [1.807, 2.05) is 36.6 Å². The van der Waals surface area contributed by atoms with Crippen LogP contribution in [0.25, 0.3) is 11.4 Å². The molecule has 0 saturated carbocycles. The van der Waals surface area contributed by atoms with E-state index in [0.717, 1.165) is 10.5 Å². The lowest BCUT2D eigenvalue weighted by molar-refractivity contribution is 1.15. The van der Waals surface area contributed by atoms with Gasteiger partial charge in [-0.2, -0.15) is 5.26 Å². The van der Waals surface area contributed by atoms with Crippen molar-refractivity contribution in [3.63, 3.8) is 0 Å². The molecule has 84 valence electrons. The van der Waals surface area contributed by atoms with Crippen molar-refractivity contribution in [2.75, 3.05) is 12.0 Å². The summed E-state index contributed by atoms with van der Waals surface area (Å²) >= 11 is 1.67. The molecule has 2 rings (SSSR count). The molecule has 1 heterocycles. The van der Waals surface area contributed by atoms with Crippen LogP contribution in [0.5, 0.6) is 0 Å². The van der Waals surface area contributed by atoms with Crippen LogP contribution in [0.2, 0.25) is 0 Å². The van der Waals surface area contributed by atoms with Crippen molar-refractivity contribution in [1.82, 2.24) is 9.97 Å². The van der Waals surface area contributed by atoms with Crippen LogP contribution in [0.4, 0.5) is 5.82 Å². The predicted octanol–water partition coefficient (Wildman–Crippen LogP) is 2.32. The first kappa shape index (κ1) is 11.4. The molecule has 0 saturated heterocycles. The van der Waals surface area contributed by atoms with E-state index in [-0.39, 0.29) is 5.69 Å². The van der Waals surface area contributed by atoms with E-state index in [4.69, 9.17) is 11.0 Å². The second-order valence-corrected chi connectivity index (χ2v) is 4.22. The zero-order valence-electron chi connectivity index (χ0n) is 9.21. The Balaban J connectivity index is 2.45. The maximum Gasteiger partial charge on any atom is 0.162 e. The highest BCUT2D eigenvalue weighted by Gasteiger charge is 2.05. The second kappa shape index (κ2) is 4.85. The minimum absolute atomic E-state index is 0.279. The molecule has 0 radical (unpaired) electrons. The molecule has 1 aromatic carbocycles. The Hall–Kier alpha value is -2.06. The van der Waals surface area contributed by atoms with E-state index in [2.05, 4.69) is 9.97 Å². The van der Waals surface area contributed by atoms with E-state index >= 15 is 0 Å². The van der Waals surface area contributed by atoms with Crippen molar-refractivity contribution in [1.29, 1.82) is 5.26 Å². The lowest BCUT2D eigenvalue weighted by atomic mass is 10.2. The summed E-state index contributed by atoms with van der Waals surface area (Å²) in [5.74, 6) is 0.787. The van der Waals surface area contributed by atoms with Crippen molar-refractivity contribution in [2.45, 2.75) is 4.90 Å². The normalized spacial score (nSPS) is 9.88. The number of anilines is 1. The molecule has 17 heavy (non-hydrogen) atoms. The Morgan fingerprint density at radius 2 is 1.94 bits per heavy atom. The Labute approximate surface area is 104 Å². The lowest BCUT2D eigenvalue weighted by Crippen LogP contribution is -1.98. The van der Waals surface area contributed by atoms with Crippen molar-refractivity contribution in [2.24, 2.45) is 0 Å². The van der Waals surface area contributed by atoms with Gasteiger partial charge in [-0.3, -0.25) is 0 Å². The Morgan fingerprint density at radius 3 is 2.53 bits per heavy atom. The van der Waals surface area contributed by atoms with Crippen molar-refractivity contribution in [3.05, 3.63) is 36.0 Å². The molecular formula is C12H10N4S. The van der Waals surface area contributed by atoms with Crippen LogP contribution in [-0.4, -0.2) is 16.2 Å². The molecule has 0 bridgehead atoms. The number of hydrogen-bond acceptors (Lipinski definition) is 5. The van der Waals surface area contributed by atoms with Crippen molar-refractivity contribution >= 4 is 17.6 Å². The SMILES string of the molecule is CSc1ccc(-c2nc(N)cc(C#N)n2)cc1. The molecule has 2 aromatic rings. The fraction of sp³-hybridized carbons (Fsp3) is 0.0833. The Bertz CT molecular complexity index is 572. The summed E-state index contributed by atoms with van der Waals surface area (Å²) in [6.45, 7) is 0. The fourth-order valence-corrected chi connectivity index (χ4v) is 1.80. The lowest BCUT2D eigenvalue weighted by Gasteiger charge is -2.03. The molecule has 0 aliphatic carbocycles. The van der Waals surface area contributed by atoms with Gasteiger partial charge in [0.15, 0.2) is 5.82 Å². The van der Waals surface area contributed by atoms with Crippen LogP contribution in [0, 0.1) is 11.3 Å². The number of thioether (sulfide) groups is 1. The van der Waals surface area contributed by atoms with Crippen molar-refractivity contribution in [3.8, 4) is 17.5 Å². The van der Waals surface area contributed by atoms with Gasteiger partial charge in [-0.15, -0.1) is 11.8 Å².